The first-order chi connectivity index (χ1) is 13.1. The zero-order valence-corrected chi connectivity index (χ0v) is 18.0. The van der Waals surface area contributed by atoms with Crippen LogP contribution in [0.3, 0.4) is 0 Å². The van der Waals surface area contributed by atoms with Crippen LogP contribution in [0.2, 0.25) is 0 Å². The summed E-state index contributed by atoms with van der Waals surface area (Å²) in [5, 5.41) is 0. The molecule has 0 bridgehead atoms. The van der Waals surface area contributed by atoms with Gasteiger partial charge in [0.25, 0.3) is 0 Å². The Labute approximate surface area is 168 Å². The number of rotatable bonds is 6. The van der Waals surface area contributed by atoms with Crippen molar-refractivity contribution in [1.82, 2.24) is 0 Å². The number of carbonyl (C=O) groups is 3. The van der Waals surface area contributed by atoms with Crippen LogP contribution in [0.4, 0.5) is 0 Å². The van der Waals surface area contributed by atoms with E-state index in [4.69, 9.17) is 9.47 Å². The molecule has 156 valence electrons. The maximum atomic E-state index is 12.8. The number of allylic oxidation sites excluding steroid dienone is 1. The van der Waals surface area contributed by atoms with Gasteiger partial charge in [-0.25, -0.2) is 4.79 Å². The van der Waals surface area contributed by atoms with Crippen molar-refractivity contribution >= 4 is 17.7 Å². The number of ketones is 1. The summed E-state index contributed by atoms with van der Waals surface area (Å²) in [7, 11) is 0. The van der Waals surface area contributed by atoms with Gasteiger partial charge in [0.2, 0.25) is 0 Å². The minimum absolute atomic E-state index is 0.0364. The zero-order chi connectivity index (χ0) is 21.2. The summed E-state index contributed by atoms with van der Waals surface area (Å²) < 4.78 is 11.1. The standard InChI is InChI=1S/C23H34O5/c1-8-13(4)9-21(26)28-20-11-17(12(2)3)23-18(14(20)5)10-19(25)22(23)15(6)27-16(7)24/h9,12,15,17-18,20,22-23H,5,8,10-11H2,1-4,6-7H3/b13-9+/t15?,17-,18?,20+,22+,23?/m0/s1. The average Bonchev–Trinajstić information content (AvgIpc) is 2.93. The number of ether oxygens (including phenoxy) is 2. The van der Waals surface area contributed by atoms with E-state index < -0.39 is 6.10 Å². The SMILES string of the molecule is C=C1C2CC(=O)[C@@H](C(C)OC(C)=O)C2[C@H](C(C)C)C[C@H]1OC(=O)/C=C(\C)CC. The molecule has 0 saturated heterocycles. The molecule has 5 heteroatoms. The third kappa shape index (κ3) is 4.73. The van der Waals surface area contributed by atoms with Crippen molar-refractivity contribution in [3.8, 4) is 0 Å². The van der Waals surface area contributed by atoms with Gasteiger partial charge in [0, 0.05) is 19.4 Å². The quantitative estimate of drug-likeness (QED) is 0.385. The van der Waals surface area contributed by atoms with Crippen molar-refractivity contribution in [2.24, 2.45) is 29.6 Å². The van der Waals surface area contributed by atoms with Gasteiger partial charge in [-0.3, -0.25) is 9.59 Å². The van der Waals surface area contributed by atoms with Gasteiger partial charge in [0.05, 0.1) is 5.92 Å². The molecule has 3 unspecified atom stereocenters. The lowest BCUT2D eigenvalue weighted by Gasteiger charge is -2.44. The third-order valence-corrected chi connectivity index (χ3v) is 6.44. The van der Waals surface area contributed by atoms with Crippen LogP contribution in [0, 0.1) is 29.6 Å². The summed E-state index contributed by atoms with van der Waals surface area (Å²) in [5.74, 6) is -0.388. The van der Waals surface area contributed by atoms with E-state index in [9.17, 15) is 14.4 Å². The molecule has 0 aromatic heterocycles. The molecule has 5 nitrogen and oxygen atoms in total. The van der Waals surface area contributed by atoms with E-state index in [1.807, 2.05) is 13.8 Å². The molecule has 2 fully saturated rings. The zero-order valence-electron chi connectivity index (χ0n) is 18.0. The fourth-order valence-electron chi connectivity index (χ4n) is 4.92. The monoisotopic (exact) mass is 390 g/mol. The Hall–Kier alpha value is -1.91. The molecular formula is C23H34O5. The molecule has 0 N–H and O–H groups in total. The van der Waals surface area contributed by atoms with Gasteiger partial charge in [-0.2, -0.15) is 0 Å². The normalized spacial score (nSPS) is 31.5. The second-order valence-electron chi connectivity index (χ2n) is 8.68. The summed E-state index contributed by atoms with van der Waals surface area (Å²) in [5.41, 5.74) is 1.79. The molecule has 0 radical (unpaired) electrons. The predicted molar refractivity (Wildman–Crippen MR) is 107 cm³/mol. The van der Waals surface area contributed by atoms with Crippen LogP contribution in [-0.2, 0) is 23.9 Å². The van der Waals surface area contributed by atoms with Crippen LogP contribution in [0.15, 0.2) is 23.8 Å². The lowest BCUT2D eigenvalue weighted by molar-refractivity contribution is -0.153. The molecule has 0 aromatic rings. The van der Waals surface area contributed by atoms with Gasteiger partial charge >= 0.3 is 11.9 Å². The molecule has 6 atom stereocenters. The van der Waals surface area contributed by atoms with Crippen LogP contribution < -0.4 is 0 Å². The summed E-state index contributed by atoms with van der Waals surface area (Å²) in [6, 6.07) is 0. The Kier molecular flexibility index (Phi) is 7.24. The summed E-state index contributed by atoms with van der Waals surface area (Å²) >= 11 is 0. The van der Waals surface area contributed by atoms with Crippen LogP contribution in [0.25, 0.3) is 0 Å². The molecule has 28 heavy (non-hydrogen) atoms. The van der Waals surface area contributed by atoms with Crippen LogP contribution in [0.5, 0.6) is 0 Å². The predicted octanol–water partition coefficient (Wildman–Crippen LogP) is 4.26. The molecule has 2 aliphatic carbocycles. The van der Waals surface area contributed by atoms with Gasteiger partial charge in [-0.15, -0.1) is 0 Å². The van der Waals surface area contributed by atoms with E-state index in [2.05, 4.69) is 20.4 Å². The number of hydrogen-bond donors (Lipinski definition) is 0. The van der Waals surface area contributed by atoms with Crippen molar-refractivity contribution in [2.75, 3.05) is 0 Å². The van der Waals surface area contributed by atoms with Crippen LogP contribution in [-0.4, -0.2) is 29.9 Å². The Morgan fingerprint density at radius 3 is 2.43 bits per heavy atom. The second kappa shape index (κ2) is 9.06. The number of carbonyl (C=O) groups excluding carboxylic acids is 3. The van der Waals surface area contributed by atoms with E-state index >= 15 is 0 Å². The third-order valence-electron chi connectivity index (χ3n) is 6.44. The fraction of sp³-hybridized carbons (Fsp3) is 0.696. The van der Waals surface area contributed by atoms with Gasteiger partial charge in [0.15, 0.2) is 0 Å². The Bertz CT molecular complexity index is 674. The van der Waals surface area contributed by atoms with Gasteiger partial charge in [-0.1, -0.05) is 32.9 Å². The van der Waals surface area contributed by atoms with Crippen LogP contribution in [0.1, 0.15) is 60.8 Å². The van der Waals surface area contributed by atoms with Crippen molar-refractivity contribution in [3.63, 3.8) is 0 Å². The number of Topliss-reactive ketones (excluding diaryl/α,β-unsaturated/α-hetero) is 1. The second-order valence-corrected chi connectivity index (χ2v) is 8.68. The minimum atomic E-state index is -0.455. The Morgan fingerprint density at radius 2 is 1.89 bits per heavy atom. The summed E-state index contributed by atoms with van der Waals surface area (Å²) in [6.07, 6.45) is 2.53. The molecule has 2 aliphatic rings. The molecule has 0 spiro atoms. The minimum Gasteiger partial charge on any atom is -0.462 e. The van der Waals surface area contributed by atoms with Gasteiger partial charge in [-0.05, 0) is 55.9 Å². The first-order valence-electron chi connectivity index (χ1n) is 10.3. The molecule has 2 rings (SSSR count). The lowest BCUT2D eigenvalue weighted by atomic mass is 9.63. The van der Waals surface area contributed by atoms with E-state index in [0.717, 1.165) is 17.6 Å². The lowest BCUT2D eigenvalue weighted by Crippen LogP contribution is -2.44. The molecule has 2 saturated carbocycles. The van der Waals surface area contributed by atoms with Crippen LogP contribution >= 0.6 is 0 Å². The highest BCUT2D eigenvalue weighted by Gasteiger charge is 2.55. The number of hydrogen-bond acceptors (Lipinski definition) is 5. The first-order valence-corrected chi connectivity index (χ1v) is 10.3. The van der Waals surface area contributed by atoms with E-state index in [1.165, 1.54) is 13.0 Å². The molecule has 0 amide bonds. The molecule has 0 aromatic carbocycles. The van der Waals surface area contributed by atoms with E-state index in [-0.39, 0.29) is 47.5 Å². The molecule has 0 heterocycles. The Morgan fingerprint density at radius 1 is 1.25 bits per heavy atom. The average molecular weight is 391 g/mol. The van der Waals surface area contributed by atoms with Crippen molar-refractivity contribution < 1.29 is 23.9 Å². The number of esters is 2. The van der Waals surface area contributed by atoms with Crippen molar-refractivity contribution in [1.29, 1.82) is 0 Å². The van der Waals surface area contributed by atoms with E-state index in [0.29, 0.717) is 18.8 Å². The number of fused-ring (bicyclic) bond motifs is 1. The maximum Gasteiger partial charge on any atom is 0.331 e. The van der Waals surface area contributed by atoms with Crippen molar-refractivity contribution in [3.05, 3.63) is 23.8 Å². The summed E-state index contributed by atoms with van der Waals surface area (Å²) in [4.78, 5) is 36.6. The van der Waals surface area contributed by atoms with E-state index in [1.54, 1.807) is 6.92 Å². The Balaban J connectivity index is 2.26. The van der Waals surface area contributed by atoms with Crippen molar-refractivity contribution in [2.45, 2.75) is 73.0 Å². The van der Waals surface area contributed by atoms with Gasteiger partial charge in [0.1, 0.15) is 18.0 Å². The maximum absolute atomic E-state index is 12.8. The van der Waals surface area contributed by atoms with Gasteiger partial charge < -0.3 is 9.47 Å². The topological polar surface area (TPSA) is 69.7 Å². The largest absolute Gasteiger partial charge is 0.462 e. The summed E-state index contributed by atoms with van der Waals surface area (Å²) in [6.45, 7) is 15.5. The molecule has 0 aliphatic heterocycles. The smallest absolute Gasteiger partial charge is 0.331 e. The first kappa shape index (κ1) is 22.4. The highest BCUT2D eigenvalue weighted by molar-refractivity contribution is 5.86. The molecular weight excluding hydrogens is 356 g/mol. The highest BCUT2D eigenvalue weighted by Crippen LogP contribution is 2.53. The highest BCUT2D eigenvalue weighted by atomic mass is 16.5. The fourth-order valence-corrected chi connectivity index (χ4v) is 4.92.